The molecule has 1 aliphatic carbocycles. The average Bonchev–Trinajstić information content (AvgIpc) is 2.27. The van der Waals surface area contributed by atoms with Gasteiger partial charge in [0.05, 0.1) is 10.6 Å². The summed E-state index contributed by atoms with van der Waals surface area (Å²) in [4.78, 5) is 11.1. The first-order chi connectivity index (χ1) is 8.87. The number of primary amides is 1. The molecule has 1 fully saturated rings. The van der Waals surface area contributed by atoms with Crippen molar-refractivity contribution in [2.75, 3.05) is 5.32 Å². The van der Waals surface area contributed by atoms with Crippen LogP contribution in [-0.4, -0.2) is 11.9 Å². The number of nitrogens with one attached hydrogen (secondary N) is 1. The molecule has 0 aromatic heterocycles. The molecule has 2 rings (SSSR count). The van der Waals surface area contributed by atoms with Crippen LogP contribution in [-0.2, 0) is 0 Å². The smallest absolute Gasteiger partial charge is 0.250 e. The highest BCUT2D eigenvalue weighted by molar-refractivity contribution is 6.34. The molecule has 0 radical (unpaired) electrons. The Kier molecular flexibility index (Phi) is 4.04. The topological polar surface area (TPSA) is 55.1 Å². The zero-order valence-corrected chi connectivity index (χ0v) is 12.3. The lowest BCUT2D eigenvalue weighted by atomic mass is 9.75. The summed E-state index contributed by atoms with van der Waals surface area (Å²) in [6, 6.07) is 5.80. The van der Waals surface area contributed by atoms with Gasteiger partial charge in [0.2, 0.25) is 5.91 Å². The molecule has 3 nitrogen and oxygen atoms in total. The van der Waals surface area contributed by atoms with E-state index in [0.29, 0.717) is 22.0 Å². The van der Waals surface area contributed by atoms with Crippen LogP contribution in [0.25, 0.3) is 0 Å². The van der Waals surface area contributed by atoms with Crippen molar-refractivity contribution in [3.8, 4) is 0 Å². The van der Waals surface area contributed by atoms with E-state index in [4.69, 9.17) is 17.3 Å². The molecular formula is C15H21ClN2O. The maximum Gasteiger partial charge on any atom is 0.250 e. The van der Waals surface area contributed by atoms with Gasteiger partial charge in [0.1, 0.15) is 0 Å². The van der Waals surface area contributed by atoms with Crippen LogP contribution >= 0.6 is 11.6 Å². The van der Waals surface area contributed by atoms with E-state index in [9.17, 15) is 4.79 Å². The number of carbonyl (C=O) groups excluding carboxylic acids is 1. The molecule has 0 bridgehead atoms. The van der Waals surface area contributed by atoms with E-state index in [-0.39, 0.29) is 0 Å². The number of halogens is 1. The van der Waals surface area contributed by atoms with Gasteiger partial charge in [0.25, 0.3) is 0 Å². The summed E-state index contributed by atoms with van der Waals surface area (Å²) in [5, 5.41) is 3.92. The molecule has 4 heteroatoms. The molecule has 0 spiro atoms. The van der Waals surface area contributed by atoms with Crippen molar-refractivity contribution in [3.05, 3.63) is 28.8 Å². The molecule has 1 aromatic rings. The summed E-state index contributed by atoms with van der Waals surface area (Å²) in [5.74, 6) is -0.490. The molecule has 0 heterocycles. The Bertz CT molecular complexity index is 485. The Morgan fingerprint density at radius 1 is 1.47 bits per heavy atom. The number of anilines is 1. The largest absolute Gasteiger partial charge is 0.382 e. The van der Waals surface area contributed by atoms with Gasteiger partial charge in [-0.25, -0.2) is 0 Å². The van der Waals surface area contributed by atoms with Crippen molar-refractivity contribution >= 4 is 23.2 Å². The molecule has 104 valence electrons. The molecule has 1 aromatic carbocycles. The van der Waals surface area contributed by atoms with E-state index in [1.165, 1.54) is 19.3 Å². The van der Waals surface area contributed by atoms with Gasteiger partial charge in [0, 0.05) is 11.7 Å². The Balaban J connectivity index is 2.07. The number of amides is 1. The lowest BCUT2D eigenvalue weighted by Gasteiger charge is -2.36. The highest BCUT2D eigenvalue weighted by Gasteiger charge is 2.27. The minimum Gasteiger partial charge on any atom is -0.382 e. The second-order valence-electron chi connectivity index (χ2n) is 6.16. The summed E-state index contributed by atoms with van der Waals surface area (Å²) in [6.07, 6.45) is 4.87. The monoisotopic (exact) mass is 280 g/mol. The second-order valence-corrected chi connectivity index (χ2v) is 6.57. The Labute approximate surface area is 119 Å². The summed E-state index contributed by atoms with van der Waals surface area (Å²) in [5.41, 5.74) is 6.96. The summed E-state index contributed by atoms with van der Waals surface area (Å²) < 4.78 is 0. The first-order valence-electron chi connectivity index (χ1n) is 6.73. The predicted molar refractivity (Wildman–Crippen MR) is 79.6 cm³/mol. The van der Waals surface area contributed by atoms with Crippen molar-refractivity contribution in [3.63, 3.8) is 0 Å². The van der Waals surface area contributed by atoms with Gasteiger partial charge in [-0.3, -0.25) is 4.79 Å². The van der Waals surface area contributed by atoms with Crippen molar-refractivity contribution in [2.45, 2.75) is 45.6 Å². The SMILES string of the molecule is CC1(C)CCCC(Nc2ccc(C(N)=O)c(Cl)c2)C1. The highest BCUT2D eigenvalue weighted by atomic mass is 35.5. The normalized spacial score (nSPS) is 21.9. The maximum atomic E-state index is 11.1. The maximum absolute atomic E-state index is 11.1. The lowest BCUT2D eigenvalue weighted by Crippen LogP contribution is -2.31. The standard InChI is InChI=1S/C15H21ClN2O/c1-15(2)7-3-4-11(9-15)18-10-5-6-12(14(17)19)13(16)8-10/h5-6,8,11,18H,3-4,7,9H2,1-2H3,(H2,17,19). The fraction of sp³-hybridized carbons (Fsp3) is 0.533. The number of rotatable bonds is 3. The van der Waals surface area contributed by atoms with E-state index < -0.39 is 5.91 Å². The van der Waals surface area contributed by atoms with E-state index >= 15 is 0 Å². The minimum absolute atomic E-state index is 0.371. The predicted octanol–water partition coefficient (Wildman–Crippen LogP) is 3.82. The van der Waals surface area contributed by atoms with E-state index in [0.717, 1.165) is 12.1 Å². The third-order valence-corrected chi connectivity index (χ3v) is 4.12. The number of hydrogen-bond donors (Lipinski definition) is 2. The molecule has 1 atom stereocenters. The Morgan fingerprint density at radius 3 is 2.79 bits per heavy atom. The first-order valence-corrected chi connectivity index (χ1v) is 7.11. The zero-order valence-electron chi connectivity index (χ0n) is 11.5. The molecule has 3 N–H and O–H groups in total. The third kappa shape index (κ3) is 3.63. The van der Waals surface area contributed by atoms with Gasteiger partial charge in [0.15, 0.2) is 0 Å². The van der Waals surface area contributed by atoms with Gasteiger partial charge >= 0.3 is 0 Å². The summed E-state index contributed by atoms with van der Waals surface area (Å²) >= 11 is 6.06. The summed E-state index contributed by atoms with van der Waals surface area (Å²) in [6.45, 7) is 4.62. The third-order valence-electron chi connectivity index (χ3n) is 3.81. The quantitative estimate of drug-likeness (QED) is 0.884. The van der Waals surface area contributed by atoms with E-state index in [1.54, 1.807) is 12.1 Å². The lowest BCUT2D eigenvalue weighted by molar-refractivity contribution is 0.100. The van der Waals surface area contributed by atoms with Gasteiger partial charge in [-0.05, 0) is 42.9 Å². The van der Waals surface area contributed by atoms with E-state index in [2.05, 4.69) is 19.2 Å². The van der Waals surface area contributed by atoms with Crippen LogP contribution in [0.1, 0.15) is 49.9 Å². The zero-order chi connectivity index (χ0) is 14.0. The highest BCUT2D eigenvalue weighted by Crippen LogP contribution is 2.36. The first kappa shape index (κ1) is 14.2. The van der Waals surface area contributed by atoms with Gasteiger partial charge in [-0.2, -0.15) is 0 Å². The van der Waals surface area contributed by atoms with Crippen LogP contribution in [0.15, 0.2) is 18.2 Å². The van der Waals surface area contributed by atoms with Gasteiger partial charge in [-0.15, -0.1) is 0 Å². The van der Waals surface area contributed by atoms with Crippen LogP contribution in [0.3, 0.4) is 0 Å². The molecule has 0 saturated heterocycles. The minimum atomic E-state index is -0.490. The molecule has 1 saturated carbocycles. The molecule has 1 aliphatic rings. The van der Waals surface area contributed by atoms with Crippen LogP contribution in [0, 0.1) is 5.41 Å². The Hall–Kier alpha value is -1.22. The number of hydrogen-bond acceptors (Lipinski definition) is 2. The fourth-order valence-corrected chi connectivity index (χ4v) is 3.14. The van der Waals surface area contributed by atoms with Crippen molar-refractivity contribution in [1.82, 2.24) is 0 Å². The molecular weight excluding hydrogens is 260 g/mol. The van der Waals surface area contributed by atoms with Crippen LogP contribution < -0.4 is 11.1 Å². The number of nitrogens with two attached hydrogens (primary N) is 1. The van der Waals surface area contributed by atoms with Crippen LogP contribution in [0.2, 0.25) is 5.02 Å². The van der Waals surface area contributed by atoms with Crippen molar-refractivity contribution < 1.29 is 4.79 Å². The number of carbonyl (C=O) groups is 1. The Morgan fingerprint density at radius 2 is 2.21 bits per heavy atom. The average molecular weight is 281 g/mol. The van der Waals surface area contributed by atoms with Gasteiger partial charge < -0.3 is 11.1 Å². The molecule has 1 unspecified atom stereocenters. The molecule has 0 aliphatic heterocycles. The van der Waals surface area contributed by atoms with Crippen LogP contribution in [0.4, 0.5) is 5.69 Å². The molecule has 1 amide bonds. The second kappa shape index (κ2) is 5.41. The summed E-state index contributed by atoms with van der Waals surface area (Å²) in [7, 11) is 0. The van der Waals surface area contributed by atoms with Crippen molar-refractivity contribution in [1.29, 1.82) is 0 Å². The van der Waals surface area contributed by atoms with Crippen molar-refractivity contribution in [2.24, 2.45) is 11.1 Å². The van der Waals surface area contributed by atoms with E-state index in [1.807, 2.05) is 6.07 Å². The molecule has 19 heavy (non-hydrogen) atoms. The van der Waals surface area contributed by atoms with Gasteiger partial charge in [-0.1, -0.05) is 31.9 Å². The fourth-order valence-electron chi connectivity index (χ4n) is 2.86. The van der Waals surface area contributed by atoms with Crippen LogP contribution in [0.5, 0.6) is 0 Å². The number of benzene rings is 1.